The van der Waals surface area contributed by atoms with Crippen LogP contribution in [0.15, 0.2) is 12.2 Å². The zero-order valence-corrected chi connectivity index (χ0v) is 8.78. The molecule has 1 aliphatic rings. The Morgan fingerprint density at radius 1 is 1.50 bits per heavy atom. The third-order valence-electron chi connectivity index (χ3n) is 1.76. The maximum Gasteiger partial charge on any atom is 0.408 e. The summed E-state index contributed by atoms with van der Waals surface area (Å²) < 4.78 is 5.07. The minimum absolute atomic E-state index is 0.111. The predicted octanol–water partition coefficient (Wildman–Crippen LogP) is 1.20. The van der Waals surface area contributed by atoms with Gasteiger partial charge in [-0.1, -0.05) is 12.2 Å². The van der Waals surface area contributed by atoms with Crippen molar-refractivity contribution in [3.63, 3.8) is 0 Å². The fraction of sp³-hybridized carbons (Fsp3) is 0.700. The minimum Gasteiger partial charge on any atom is -0.444 e. The second kappa shape index (κ2) is 4.00. The average Bonchev–Trinajstić information content (AvgIpc) is 2.30. The SMILES string of the molecule is CC(C)(C)OC(=O)NC1C=CC(O)C1. The van der Waals surface area contributed by atoms with Crippen molar-refractivity contribution in [2.24, 2.45) is 0 Å². The number of alkyl carbamates (subject to hydrolysis) is 1. The second-order valence-corrected chi connectivity index (χ2v) is 4.44. The zero-order valence-electron chi connectivity index (χ0n) is 8.78. The monoisotopic (exact) mass is 199 g/mol. The molecule has 80 valence electrons. The molecule has 0 radical (unpaired) electrons. The molecule has 0 aromatic heterocycles. The van der Waals surface area contributed by atoms with E-state index in [0.29, 0.717) is 6.42 Å². The van der Waals surface area contributed by atoms with Crippen LogP contribution in [0.4, 0.5) is 4.79 Å². The lowest BCUT2D eigenvalue weighted by molar-refractivity contribution is 0.0509. The molecule has 2 N–H and O–H groups in total. The first-order valence-electron chi connectivity index (χ1n) is 4.73. The fourth-order valence-corrected chi connectivity index (χ4v) is 1.25. The van der Waals surface area contributed by atoms with Crippen molar-refractivity contribution >= 4 is 6.09 Å². The standard InChI is InChI=1S/C10H17NO3/c1-10(2,3)14-9(13)11-7-4-5-8(12)6-7/h4-5,7-8,12H,6H2,1-3H3,(H,11,13). The molecule has 0 bridgehead atoms. The van der Waals surface area contributed by atoms with E-state index in [2.05, 4.69) is 5.32 Å². The van der Waals surface area contributed by atoms with Gasteiger partial charge in [-0.25, -0.2) is 4.79 Å². The summed E-state index contributed by atoms with van der Waals surface area (Å²) in [6.07, 6.45) is 3.08. The van der Waals surface area contributed by atoms with Gasteiger partial charge in [0.1, 0.15) is 5.60 Å². The van der Waals surface area contributed by atoms with Crippen LogP contribution in [0.1, 0.15) is 27.2 Å². The van der Waals surface area contributed by atoms with E-state index >= 15 is 0 Å². The lowest BCUT2D eigenvalue weighted by Crippen LogP contribution is -2.38. The Bertz CT molecular complexity index is 242. The Morgan fingerprint density at radius 3 is 2.57 bits per heavy atom. The van der Waals surface area contributed by atoms with E-state index in [1.807, 2.05) is 20.8 Å². The molecule has 4 heteroatoms. The summed E-state index contributed by atoms with van der Waals surface area (Å²) in [4.78, 5) is 11.3. The molecule has 0 saturated heterocycles. The molecule has 1 aliphatic carbocycles. The van der Waals surface area contributed by atoms with Crippen LogP contribution in [0, 0.1) is 0 Å². The number of rotatable bonds is 1. The lowest BCUT2D eigenvalue weighted by Gasteiger charge is -2.21. The molecule has 2 atom stereocenters. The highest BCUT2D eigenvalue weighted by molar-refractivity contribution is 5.68. The number of aliphatic hydroxyl groups excluding tert-OH is 1. The molecule has 4 nitrogen and oxygen atoms in total. The largest absolute Gasteiger partial charge is 0.444 e. The van der Waals surface area contributed by atoms with Gasteiger partial charge in [-0.15, -0.1) is 0 Å². The van der Waals surface area contributed by atoms with Crippen LogP contribution in [-0.4, -0.2) is 28.9 Å². The van der Waals surface area contributed by atoms with Crippen molar-refractivity contribution in [3.8, 4) is 0 Å². The Balaban J connectivity index is 2.32. The van der Waals surface area contributed by atoms with Crippen molar-refractivity contribution in [2.75, 3.05) is 0 Å². The first-order chi connectivity index (χ1) is 6.37. The Hall–Kier alpha value is -1.03. The van der Waals surface area contributed by atoms with Gasteiger partial charge in [-0.2, -0.15) is 0 Å². The van der Waals surface area contributed by atoms with E-state index in [9.17, 15) is 4.79 Å². The number of amides is 1. The Kier molecular flexibility index (Phi) is 3.16. The molecule has 0 fully saturated rings. The van der Waals surface area contributed by atoms with Crippen LogP contribution in [0.25, 0.3) is 0 Å². The van der Waals surface area contributed by atoms with Crippen molar-refractivity contribution in [1.82, 2.24) is 5.32 Å². The van der Waals surface area contributed by atoms with Crippen LogP contribution in [0.5, 0.6) is 0 Å². The van der Waals surface area contributed by atoms with Gasteiger partial charge >= 0.3 is 6.09 Å². The molecule has 0 aromatic rings. The summed E-state index contributed by atoms with van der Waals surface area (Å²) in [5.74, 6) is 0. The number of ether oxygens (including phenoxy) is 1. The van der Waals surface area contributed by atoms with E-state index in [4.69, 9.17) is 9.84 Å². The summed E-state index contributed by atoms with van der Waals surface area (Å²) in [6, 6.07) is -0.111. The summed E-state index contributed by atoms with van der Waals surface area (Å²) in [7, 11) is 0. The molecule has 1 amide bonds. The molecular formula is C10H17NO3. The topological polar surface area (TPSA) is 58.6 Å². The summed E-state index contributed by atoms with van der Waals surface area (Å²) in [5.41, 5.74) is -0.481. The van der Waals surface area contributed by atoms with E-state index < -0.39 is 17.8 Å². The average molecular weight is 199 g/mol. The van der Waals surface area contributed by atoms with Gasteiger partial charge < -0.3 is 15.2 Å². The molecule has 0 heterocycles. The maximum atomic E-state index is 11.3. The Labute approximate surface area is 83.9 Å². The molecule has 14 heavy (non-hydrogen) atoms. The van der Waals surface area contributed by atoms with Crippen LogP contribution >= 0.6 is 0 Å². The highest BCUT2D eigenvalue weighted by Gasteiger charge is 2.21. The lowest BCUT2D eigenvalue weighted by atomic mass is 10.2. The number of aliphatic hydroxyl groups is 1. The summed E-state index contributed by atoms with van der Waals surface area (Å²) in [6.45, 7) is 5.43. The molecule has 0 saturated carbocycles. The first-order valence-corrected chi connectivity index (χ1v) is 4.73. The molecule has 1 rings (SSSR count). The Morgan fingerprint density at radius 2 is 2.14 bits per heavy atom. The van der Waals surface area contributed by atoms with Crippen molar-refractivity contribution in [3.05, 3.63) is 12.2 Å². The zero-order chi connectivity index (χ0) is 10.8. The summed E-state index contributed by atoms with van der Waals surface area (Å²) >= 11 is 0. The highest BCUT2D eigenvalue weighted by Crippen LogP contribution is 2.12. The summed E-state index contributed by atoms with van der Waals surface area (Å²) in [5, 5.41) is 11.8. The number of hydrogen-bond donors (Lipinski definition) is 2. The van der Waals surface area contributed by atoms with E-state index in [0.717, 1.165) is 0 Å². The third kappa shape index (κ3) is 3.79. The van der Waals surface area contributed by atoms with Gasteiger partial charge in [0.15, 0.2) is 0 Å². The van der Waals surface area contributed by atoms with Gasteiger partial charge in [0.2, 0.25) is 0 Å². The maximum absolute atomic E-state index is 11.3. The minimum atomic E-state index is -0.481. The molecule has 0 aliphatic heterocycles. The van der Waals surface area contributed by atoms with Crippen molar-refractivity contribution in [1.29, 1.82) is 0 Å². The second-order valence-electron chi connectivity index (χ2n) is 4.44. The molecule has 2 unspecified atom stereocenters. The number of carbonyl (C=O) groups excluding carboxylic acids is 1. The first kappa shape index (κ1) is 11.0. The highest BCUT2D eigenvalue weighted by atomic mass is 16.6. The van der Waals surface area contributed by atoms with Crippen LogP contribution in [0.2, 0.25) is 0 Å². The molecule has 0 aromatic carbocycles. The number of carbonyl (C=O) groups is 1. The smallest absolute Gasteiger partial charge is 0.408 e. The van der Waals surface area contributed by atoms with E-state index in [-0.39, 0.29) is 6.04 Å². The van der Waals surface area contributed by atoms with Crippen LogP contribution in [-0.2, 0) is 4.74 Å². The predicted molar refractivity (Wildman–Crippen MR) is 52.9 cm³/mol. The van der Waals surface area contributed by atoms with Gasteiger partial charge in [-0.3, -0.25) is 0 Å². The van der Waals surface area contributed by atoms with Gasteiger partial charge in [0.05, 0.1) is 12.1 Å². The van der Waals surface area contributed by atoms with Gasteiger partial charge in [-0.05, 0) is 20.8 Å². The van der Waals surface area contributed by atoms with Crippen molar-refractivity contribution in [2.45, 2.75) is 44.9 Å². The van der Waals surface area contributed by atoms with E-state index in [1.54, 1.807) is 12.2 Å². The van der Waals surface area contributed by atoms with Crippen LogP contribution in [0.3, 0.4) is 0 Å². The normalized spacial score (nSPS) is 26.3. The van der Waals surface area contributed by atoms with Gasteiger partial charge in [0.25, 0.3) is 0 Å². The van der Waals surface area contributed by atoms with Crippen LogP contribution < -0.4 is 5.32 Å². The molecule has 0 spiro atoms. The third-order valence-corrected chi connectivity index (χ3v) is 1.76. The fourth-order valence-electron chi connectivity index (χ4n) is 1.25. The molecular weight excluding hydrogens is 182 g/mol. The number of nitrogens with one attached hydrogen (secondary N) is 1. The van der Waals surface area contributed by atoms with Crippen molar-refractivity contribution < 1.29 is 14.6 Å². The number of hydrogen-bond acceptors (Lipinski definition) is 3. The van der Waals surface area contributed by atoms with E-state index in [1.165, 1.54) is 0 Å². The van der Waals surface area contributed by atoms with Gasteiger partial charge in [0, 0.05) is 6.42 Å². The quantitative estimate of drug-likeness (QED) is 0.624.